The number of ether oxygens (including phenoxy) is 2. The Morgan fingerprint density at radius 2 is 1.74 bits per heavy atom. The molecular weight excluding hydrogens is 482 g/mol. The van der Waals surface area contributed by atoms with Gasteiger partial charge >= 0.3 is 5.97 Å². The highest BCUT2D eigenvalue weighted by molar-refractivity contribution is 6.07. The predicted molar refractivity (Wildman–Crippen MR) is 145 cm³/mol. The van der Waals surface area contributed by atoms with E-state index in [9.17, 15) is 14.4 Å². The van der Waals surface area contributed by atoms with E-state index in [2.05, 4.69) is 5.32 Å². The number of nitrogens with zero attached hydrogens (tertiary/aromatic N) is 2. The van der Waals surface area contributed by atoms with E-state index < -0.39 is 18.1 Å². The molecule has 1 aliphatic carbocycles. The summed E-state index contributed by atoms with van der Waals surface area (Å²) in [5.41, 5.74) is 2.05. The van der Waals surface area contributed by atoms with Crippen LogP contribution in [0.5, 0.6) is 5.75 Å². The quantitative estimate of drug-likeness (QED) is 0.442. The van der Waals surface area contributed by atoms with Gasteiger partial charge in [0.05, 0.1) is 25.3 Å². The van der Waals surface area contributed by atoms with Gasteiger partial charge in [-0.1, -0.05) is 37.5 Å². The van der Waals surface area contributed by atoms with Gasteiger partial charge in [0.1, 0.15) is 11.8 Å². The Balaban J connectivity index is 1.63. The number of benzene rings is 2. The minimum atomic E-state index is -0.886. The minimum absolute atomic E-state index is 0.0839. The molecule has 2 atom stereocenters. The lowest BCUT2D eigenvalue weighted by Gasteiger charge is -2.40. The molecule has 1 aromatic heterocycles. The predicted octanol–water partition coefficient (Wildman–Crippen LogP) is 5.07. The Morgan fingerprint density at radius 1 is 1.03 bits per heavy atom. The van der Waals surface area contributed by atoms with Crippen molar-refractivity contribution in [2.24, 2.45) is 0 Å². The van der Waals surface area contributed by atoms with Gasteiger partial charge in [-0.15, -0.1) is 0 Å². The molecule has 0 radical (unpaired) electrons. The molecule has 0 spiro atoms. The van der Waals surface area contributed by atoms with Gasteiger partial charge in [0.15, 0.2) is 6.04 Å². The van der Waals surface area contributed by atoms with E-state index in [1.54, 1.807) is 50.1 Å². The Kier molecular flexibility index (Phi) is 7.40. The molecule has 8 heteroatoms. The van der Waals surface area contributed by atoms with Crippen LogP contribution in [0.1, 0.15) is 70.2 Å². The molecule has 1 aliphatic heterocycles. The molecule has 200 valence electrons. The Labute approximate surface area is 222 Å². The van der Waals surface area contributed by atoms with Gasteiger partial charge in [-0.25, -0.2) is 0 Å². The molecule has 2 aliphatic rings. The standard InChI is InChI=1S/C30H35N3O5/c1-19(2)38-27(34)18-26-30(36)32(22-13-15-23(37-3)16-14-22)28(29(35)31-21-10-5-4-6-11-21)25-17-20-9-7-8-12-24(20)33(25)26/h7-9,12-17,19,21,26,28H,4-6,10-11,18H2,1-3H3,(H,31,35). The third-order valence-electron chi connectivity index (χ3n) is 7.43. The number of hydrogen-bond donors (Lipinski definition) is 1. The zero-order valence-corrected chi connectivity index (χ0v) is 22.2. The van der Waals surface area contributed by atoms with Crippen molar-refractivity contribution in [1.82, 2.24) is 9.88 Å². The van der Waals surface area contributed by atoms with Crippen molar-refractivity contribution in [3.8, 4) is 5.75 Å². The van der Waals surface area contributed by atoms with Crippen LogP contribution in [0.4, 0.5) is 5.69 Å². The maximum Gasteiger partial charge on any atom is 0.308 e. The van der Waals surface area contributed by atoms with E-state index in [1.165, 1.54) is 6.42 Å². The van der Waals surface area contributed by atoms with Crippen molar-refractivity contribution in [3.63, 3.8) is 0 Å². The van der Waals surface area contributed by atoms with Gasteiger partial charge in [0.25, 0.3) is 5.91 Å². The summed E-state index contributed by atoms with van der Waals surface area (Å²) in [6.45, 7) is 3.57. The van der Waals surface area contributed by atoms with Crippen LogP contribution in [-0.2, 0) is 19.1 Å². The second-order valence-electron chi connectivity index (χ2n) is 10.4. The van der Waals surface area contributed by atoms with E-state index in [0.29, 0.717) is 17.1 Å². The number of para-hydroxylation sites is 1. The van der Waals surface area contributed by atoms with E-state index >= 15 is 0 Å². The molecule has 38 heavy (non-hydrogen) atoms. The van der Waals surface area contributed by atoms with Crippen LogP contribution in [0, 0.1) is 0 Å². The number of nitrogens with one attached hydrogen (secondary N) is 1. The molecule has 8 nitrogen and oxygen atoms in total. The molecule has 0 bridgehead atoms. The number of carbonyl (C=O) groups excluding carboxylic acids is 3. The van der Waals surface area contributed by atoms with Gasteiger partial charge in [-0.3, -0.25) is 19.3 Å². The van der Waals surface area contributed by atoms with Gasteiger partial charge in [-0.05, 0) is 68.5 Å². The maximum absolute atomic E-state index is 14.3. The molecule has 2 amide bonds. The summed E-state index contributed by atoms with van der Waals surface area (Å²) in [6.07, 6.45) is 4.77. The van der Waals surface area contributed by atoms with E-state index in [0.717, 1.165) is 36.6 Å². The SMILES string of the molecule is COc1ccc(N2C(=O)C(CC(=O)OC(C)C)n3c(cc4ccccc43)C2C(=O)NC2CCCCC2)cc1. The van der Waals surface area contributed by atoms with Crippen LogP contribution in [0.15, 0.2) is 54.6 Å². The lowest BCUT2D eigenvalue weighted by atomic mass is 9.94. The number of esters is 1. The average Bonchev–Trinajstić information content (AvgIpc) is 3.29. The Morgan fingerprint density at radius 3 is 2.42 bits per heavy atom. The summed E-state index contributed by atoms with van der Waals surface area (Å²) in [6, 6.07) is 15.1. The maximum atomic E-state index is 14.3. The number of carbonyl (C=O) groups is 3. The number of amides is 2. The van der Waals surface area contributed by atoms with Crippen molar-refractivity contribution >= 4 is 34.4 Å². The number of aromatic nitrogens is 1. The first-order valence-corrected chi connectivity index (χ1v) is 13.4. The lowest BCUT2D eigenvalue weighted by molar-refractivity contribution is -0.150. The third-order valence-corrected chi connectivity index (χ3v) is 7.43. The summed E-state index contributed by atoms with van der Waals surface area (Å²) in [4.78, 5) is 42.7. The van der Waals surface area contributed by atoms with Crippen molar-refractivity contribution in [3.05, 3.63) is 60.3 Å². The molecule has 1 fully saturated rings. The molecular formula is C30H35N3O5. The molecule has 1 N–H and O–H groups in total. The highest BCUT2D eigenvalue weighted by Crippen LogP contribution is 2.41. The minimum Gasteiger partial charge on any atom is -0.497 e. The smallest absolute Gasteiger partial charge is 0.308 e. The van der Waals surface area contributed by atoms with Crippen LogP contribution >= 0.6 is 0 Å². The first-order valence-electron chi connectivity index (χ1n) is 13.4. The number of anilines is 1. The first kappa shape index (κ1) is 25.8. The average molecular weight is 518 g/mol. The molecule has 3 aromatic rings. The van der Waals surface area contributed by atoms with Crippen molar-refractivity contribution < 1.29 is 23.9 Å². The van der Waals surface area contributed by atoms with Crippen LogP contribution in [0.2, 0.25) is 0 Å². The first-order chi connectivity index (χ1) is 18.4. The molecule has 2 aromatic carbocycles. The fraction of sp³-hybridized carbons (Fsp3) is 0.433. The summed E-state index contributed by atoms with van der Waals surface area (Å²) in [5.74, 6) is -0.351. The van der Waals surface area contributed by atoms with Gasteiger partial charge < -0.3 is 19.4 Å². The largest absolute Gasteiger partial charge is 0.497 e. The monoisotopic (exact) mass is 517 g/mol. The normalized spacial score (nSPS) is 19.9. The van der Waals surface area contributed by atoms with E-state index in [1.807, 2.05) is 34.9 Å². The Bertz CT molecular complexity index is 1320. The van der Waals surface area contributed by atoms with Crippen LogP contribution in [0.25, 0.3) is 10.9 Å². The zero-order chi connectivity index (χ0) is 26.8. The molecule has 1 saturated carbocycles. The highest BCUT2D eigenvalue weighted by atomic mass is 16.5. The number of rotatable bonds is 7. The fourth-order valence-corrected chi connectivity index (χ4v) is 5.73. The van der Waals surface area contributed by atoms with Crippen molar-refractivity contribution in [2.45, 2.75) is 76.6 Å². The van der Waals surface area contributed by atoms with E-state index in [-0.39, 0.29) is 30.4 Å². The second-order valence-corrected chi connectivity index (χ2v) is 10.4. The molecule has 2 unspecified atom stereocenters. The summed E-state index contributed by atoms with van der Waals surface area (Å²) < 4.78 is 12.6. The zero-order valence-electron chi connectivity index (χ0n) is 22.2. The summed E-state index contributed by atoms with van der Waals surface area (Å²) in [5, 5.41) is 4.14. The molecule has 5 rings (SSSR count). The summed E-state index contributed by atoms with van der Waals surface area (Å²) >= 11 is 0. The Hall–Kier alpha value is -3.81. The topological polar surface area (TPSA) is 89.9 Å². The fourth-order valence-electron chi connectivity index (χ4n) is 5.73. The number of fused-ring (bicyclic) bond motifs is 3. The highest BCUT2D eigenvalue weighted by Gasteiger charge is 2.46. The van der Waals surface area contributed by atoms with Crippen LogP contribution < -0.4 is 15.0 Å². The summed E-state index contributed by atoms with van der Waals surface area (Å²) in [7, 11) is 1.58. The molecule has 2 heterocycles. The van der Waals surface area contributed by atoms with Crippen LogP contribution in [0.3, 0.4) is 0 Å². The van der Waals surface area contributed by atoms with Gasteiger partial charge in [0.2, 0.25) is 5.91 Å². The third kappa shape index (κ3) is 4.99. The van der Waals surface area contributed by atoms with Crippen molar-refractivity contribution in [1.29, 1.82) is 0 Å². The van der Waals surface area contributed by atoms with Crippen LogP contribution in [-0.4, -0.2) is 41.6 Å². The lowest BCUT2D eigenvalue weighted by Crippen LogP contribution is -2.53. The number of hydrogen-bond acceptors (Lipinski definition) is 5. The van der Waals surface area contributed by atoms with Gasteiger partial charge in [-0.2, -0.15) is 0 Å². The van der Waals surface area contributed by atoms with E-state index in [4.69, 9.17) is 9.47 Å². The number of methoxy groups -OCH3 is 1. The van der Waals surface area contributed by atoms with Crippen molar-refractivity contribution in [2.75, 3.05) is 12.0 Å². The molecule has 0 saturated heterocycles. The van der Waals surface area contributed by atoms with Gasteiger partial charge in [0, 0.05) is 17.2 Å². The second kappa shape index (κ2) is 10.9.